The van der Waals surface area contributed by atoms with Crippen molar-refractivity contribution >= 4 is 5.69 Å². The summed E-state index contributed by atoms with van der Waals surface area (Å²) in [6.45, 7) is 0. The fourth-order valence-electron chi connectivity index (χ4n) is 0.742. The maximum absolute atomic E-state index is 12.8. The molecule has 70 valence electrons. The van der Waals surface area contributed by atoms with Gasteiger partial charge in [0.1, 0.15) is 5.69 Å². The first-order valence-corrected chi connectivity index (χ1v) is 3.11. The molecule has 1 aromatic heterocycles. The molecule has 1 aromatic rings. The number of nitro groups is 1. The minimum absolute atomic E-state index is 0.723. The number of aromatic nitrogens is 1. The van der Waals surface area contributed by atoms with E-state index >= 15 is 0 Å². The van der Waals surface area contributed by atoms with Gasteiger partial charge in [-0.15, -0.1) is 0 Å². The highest BCUT2D eigenvalue weighted by Gasteiger charge is 2.23. The minimum Gasteiger partial charge on any atom is -0.258 e. The number of hydrogen-bond acceptors (Lipinski definition) is 3. The fourth-order valence-corrected chi connectivity index (χ4v) is 0.742. The Morgan fingerprint density at radius 1 is 1.54 bits per heavy atom. The molecule has 13 heavy (non-hydrogen) atoms. The zero-order chi connectivity index (χ0) is 10.0. The molecular weight excluding hydrogens is 189 g/mol. The first-order valence-electron chi connectivity index (χ1n) is 3.11. The van der Waals surface area contributed by atoms with Crippen molar-refractivity contribution in [3.05, 3.63) is 33.9 Å². The van der Waals surface area contributed by atoms with Gasteiger partial charge in [-0.2, -0.15) is 4.39 Å². The van der Waals surface area contributed by atoms with Crippen molar-refractivity contribution in [3.8, 4) is 0 Å². The zero-order valence-electron chi connectivity index (χ0n) is 6.08. The van der Waals surface area contributed by atoms with E-state index < -0.39 is 28.5 Å². The molecule has 7 heteroatoms. The van der Waals surface area contributed by atoms with E-state index in [1.54, 1.807) is 0 Å². The third-order valence-corrected chi connectivity index (χ3v) is 1.30. The van der Waals surface area contributed by atoms with E-state index in [4.69, 9.17) is 0 Å². The van der Waals surface area contributed by atoms with E-state index in [2.05, 4.69) is 4.98 Å². The Labute approximate surface area is 70.2 Å². The smallest absolute Gasteiger partial charge is 0.258 e. The summed E-state index contributed by atoms with van der Waals surface area (Å²) >= 11 is 0. The summed E-state index contributed by atoms with van der Waals surface area (Å²) in [6.07, 6.45) is -2.39. The second-order valence-electron chi connectivity index (χ2n) is 2.09. The second-order valence-corrected chi connectivity index (χ2v) is 2.09. The van der Waals surface area contributed by atoms with E-state index in [9.17, 15) is 23.3 Å². The molecule has 0 amide bonds. The van der Waals surface area contributed by atoms with Crippen LogP contribution in [0.25, 0.3) is 0 Å². The highest BCUT2D eigenvalue weighted by atomic mass is 19.3. The van der Waals surface area contributed by atoms with Crippen LogP contribution in [0.3, 0.4) is 0 Å². The van der Waals surface area contributed by atoms with Gasteiger partial charge in [0.05, 0.1) is 4.92 Å². The lowest BCUT2D eigenvalue weighted by atomic mass is 10.3. The predicted molar refractivity (Wildman–Crippen MR) is 35.8 cm³/mol. The fraction of sp³-hybridized carbons (Fsp3) is 0.167. The summed E-state index contributed by atoms with van der Waals surface area (Å²) in [5.41, 5.74) is -2.19. The van der Waals surface area contributed by atoms with Crippen molar-refractivity contribution in [2.75, 3.05) is 0 Å². The van der Waals surface area contributed by atoms with Crippen molar-refractivity contribution in [1.29, 1.82) is 0 Å². The van der Waals surface area contributed by atoms with Crippen molar-refractivity contribution in [1.82, 2.24) is 4.98 Å². The Morgan fingerprint density at radius 3 is 2.62 bits per heavy atom. The maximum Gasteiger partial charge on any atom is 0.308 e. The molecule has 0 atom stereocenters. The number of hydrogen-bond donors (Lipinski definition) is 0. The Kier molecular flexibility index (Phi) is 2.45. The van der Waals surface area contributed by atoms with Crippen LogP contribution in [0.1, 0.15) is 12.1 Å². The average molecular weight is 192 g/mol. The summed E-state index contributed by atoms with van der Waals surface area (Å²) < 4.78 is 36.7. The highest BCUT2D eigenvalue weighted by molar-refractivity contribution is 5.32. The molecule has 0 aliphatic carbocycles. The number of pyridine rings is 1. The van der Waals surface area contributed by atoms with Gasteiger partial charge in [-0.1, -0.05) is 0 Å². The molecule has 1 heterocycles. The quantitative estimate of drug-likeness (QED) is 0.532. The van der Waals surface area contributed by atoms with E-state index in [1.807, 2.05) is 0 Å². The first kappa shape index (κ1) is 9.43. The minimum atomic E-state index is -3.15. The summed E-state index contributed by atoms with van der Waals surface area (Å²) in [5, 5.41) is 10.1. The standard InChI is InChI=1S/C6H3F3N2O2/c7-4-3(11(12)13)1-2-10-5(4)6(8)9/h1-2,6H. The van der Waals surface area contributed by atoms with E-state index in [-0.39, 0.29) is 0 Å². The van der Waals surface area contributed by atoms with Gasteiger partial charge in [-0.25, -0.2) is 8.78 Å². The number of halogens is 3. The average Bonchev–Trinajstić information content (AvgIpc) is 2.03. The largest absolute Gasteiger partial charge is 0.308 e. The molecule has 0 radical (unpaired) electrons. The molecule has 4 nitrogen and oxygen atoms in total. The molecule has 0 aliphatic rings. The van der Waals surface area contributed by atoms with Crippen LogP contribution in [-0.2, 0) is 0 Å². The Balaban J connectivity index is 3.26. The Bertz CT molecular complexity index is 343. The van der Waals surface area contributed by atoms with Gasteiger partial charge in [0, 0.05) is 12.3 Å². The van der Waals surface area contributed by atoms with Crippen molar-refractivity contribution < 1.29 is 18.1 Å². The van der Waals surface area contributed by atoms with Crippen molar-refractivity contribution in [2.45, 2.75) is 6.43 Å². The maximum atomic E-state index is 12.8. The highest BCUT2D eigenvalue weighted by Crippen LogP contribution is 2.25. The molecule has 0 aromatic carbocycles. The number of rotatable bonds is 2. The molecule has 0 saturated carbocycles. The molecule has 0 unspecified atom stereocenters. The van der Waals surface area contributed by atoms with Crippen LogP contribution in [0.4, 0.5) is 18.9 Å². The van der Waals surface area contributed by atoms with E-state index in [1.165, 1.54) is 0 Å². The predicted octanol–water partition coefficient (Wildman–Crippen LogP) is 2.07. The summed E-state index contributed by atoms with van der Waals surface area (Å²) in [6, 6.07) is 0.723. The lowest BCUT2D eigenvalue weighted by Gasteiger charge is -1.99. The number of alkyl halides is 2. The van der Waals surface area contributed by atoms with Gasteiger partial charge in [-0.3, -0.25) is 15.1 Å². The normalized spacial score (nSPS) is 10.5. The molecule has 0 bridgehead atoms. The van der Waals surface area contributed by atoms with Crippen LogP contribution in [-0.4, -0.2) is 9.91 Å². The van der Waals surface area contributed by atoms with Crippen LogP contribution in [0.15, 0.2) is 12.3 Å². The second kappa shape index (κ2) is 3.38. The molecule has 0 aliphatic heterocycles. The molecular formula is C6H3F3N2O2. The third-order valence-electron chi connectivity index (χ3n) is 1.30. The van der Waals surface area contributed by atoms with Crippen LogP contribution in [0.2, 0.25) is 0 Å². The Hall–Kier alpha value is -1.66. The summed E-state index contributed by atoms with van der Waals surface area (Å²) in [5.74, 6) is -1.58. The molecule has 1 rings (SSSR count). The lowest BCUT2D eigenvalue weighted by Crippen LogP contribution is -2.00. The van der Waals surface area contributed by atoms with Crippen molar-refractivity contribution in [2.24, 2.45) is 0 Å². The van der Waals surface area contributed by atoms with Crippen LogP contribution in [0.5, 0.6) is 0 Å². The van der Waals surface area contributed by atoms with Crippen LogP contribution in [0, 0.1) is 15.9 Å². The SMILES string of the molecule is O=[N+]([O-])c1ccnc(C(F)F)c1F. The topological polar surface area (TPSA) is 56.0 Å². The molecule has 0 saturated heterocycles. The summed E-state index contributed by atoms with van der Waals surface area (Å²) in [4.78, 5) is 12.0. The van der Waals surface area contributed by atoms with Gasteiger partial charge in [0.2, 0.25) is 5.82 Å². The van der Waals surface area contributed by atoms with Crippen LogP contribution < -0.4 is 0 Å². The van der Waals surface area contributed by atoms with E-state index in [0.717, 1.165) is 12.3 Å². The van der Waals surface area contributed by atoms with Gasteiger partial charge < -0.3 is 0 Å². The van der Waals surface area contributed by atoms with E-state index in [0.29, 0.717) is 0 Å². The molecule has 0 N–H and O–H groups in total. The van der Waals surface area contributed by atoms with Gasteiger partial charge in [0.25, 0.3) is 6.43 Å². The zero-order valence-corrected chi connectivity index (χ0v) is 6.08. The lowest BCUT2D eigenvalue weighted by molar-refractivity contribution is -0.387. The molecule has 0 spiro atoms. The monoisotopic (exact) mass is 192 g/mol. The third kappa shape index (κ3) is 1.74. The van der Waals surface area contributed by atoms with Gasteiger partial charge in [-0.05, 0) is 0 Å². The summed E-state index contributed by atoms with van der Waals surface area (Å²) in [7, 11) is 0. The molecule has 0 fully saturated rings. The van der Waals surface area contributed by atoms with Crippen molar-refractivity contribution in [3.63, 3.8) is 0 Å². The number of nitrogens with zero attached hydrogens (tertiary/aromatic N) is 2. The Morgan fingerprint density at radius 2 is 2.15 bits per heavy atom. The van der Waals surface area contributed by atoms with Gasteiger partial charge in [0.15, 0.2) is 0 Å². The van der Waals surface area contributed by atoms with Gasteiger partial charge >= 0.3 is 5.69 Å². The van der Waals surface area contributed by atoms with Crippen LogP contribution >= 0.6 is 0 Å². The first-order chi connectivity index (χ1) is 6.04.